The van der Waals surface area contributed by atoms with Crippen LogP contribution in [0.3, 0.4) is 0 Å². The molecule has 1 heterocycles. The van der Waals surface area contributed by atoms with Crippen molar-refractivity contribution in [2.75, 3.05) is 39.1 Å². The number of ether oxygens (including phenoxy) is 2. The molecule has 2 aromatic rings. The number of likely N-dealkylation sites (N-methyl/N-ethyl adjacent to an activating group) is 1. The lowest BCUT2D eigenvalue weighted by Gasteiger charge is -2.30. The third-order valence-electron chi connectivity index (χ3n) is 6.41. The molecule has 166 valence electrons. The van der Waals surface area contributed by atoms with Gasteiger partial charge >= 0.3 is 0 Å². The molecule has 1 fully saturated rings. The molecule has 4 rings (SSSR count). The highest BCUT2D eigenvalue weighted by Gasteiger charge is 2.39. The highest BCUT2D eigenvalue weighted by Crippen LogP contribution is 2.48. The molecule has 0 saturated carbocycles. The van der Waals surface area contributed by atoms with Gasteiger partial charge in [-0.25, -0.2) is 0 Å². The van der Waals surface area contributed by atoms with E-state index in [-0.39, 0.29) is 24.8 Å². The second kappa shape index (κ2) is 11.1. The van der Waals surface area contributed by atoms with Crippen LogP contribution in [0, 0.1) is 5.92 Å². The van der Waals surface area contributed by atoms with Crippen LogP contribution >= 0.6 is 24.8 Å². The van der Waals surface area contributed by atoms with Gasteiger partial charge in [-0.1, -0.05) is 19.1 Å². The molecule has 1 aliphatic heterocycles. The number of fused-ring (bicyclic) bond motifs is 3. The number of hydrogen-bond acceptors (Lipinski definition) is 4. The van der Waals surface area contributed by atoms with Crippen LogP contribution in [0.25, 0.3) is 0 Å². The van der Waals surface area contributed by atoms with Crippen molar-refractivity contribution in [3.8, 4) is 11.5 Å². The van der Waals surface area contributed by atoms with Gasteiger partial charge in [-0.2, -0.15) is 0 Å². The molecule has 1 aliphatic carbocycles. The summed E-state index contributed by atoms with van der Waals surface area (Å²) in [6.07, 6.45) is 4.32. The number of halogens is 2. The summed E-state index contributed by atoms with van der Waals surface area (Å²) >= 11 is 0. The Morgan fingerprint density at radius 2 is 1.90 bits per heavy atom. The number of nitrogens with zero attached hydrogens (tertiary/aromatic N) is 1. The fourth-order valence-electron chi connectivity index (χ4n) is 4.98. The Kier molecular flexibility index (Phi) is 9.14. The first-order valence-electron chi connectivity index (χ1n) is 10.6. The van der Waals surface area contributed by atoms with E-state index in [1.54, 1.807) is 7.11 Å². The van der Waals surface area contributed by atoms with Crippen LogP contribution < -0.4 is 15.2 Å². The van der Waals surface area contributed by atoms with E-state index in [0.29, 0.717) is 5.92 Å². The van der Waals surface area contributed by atoms with Crippen LogP contribution in [-0.2, 0) is 12.8 Å². The second-order valence-corrected chi connectivity index (χ2v) is 8.11. The minimum absolute atomic E-state index is 0. The van der Waals surface area contributed by atoms with E-state index in [2.05, 4.69) is 36.1 Å². The van der Waals surface area contributed by atoms with Crippen molar-refractivity contribution in [1.29, 1.82) is 0 Å². The maximum Gasteiger partial charge on any atom is 0.123 e. The van der Waals surface area contributed by atoms with E-state index in [1.807, 2.05) is 12.1 Å². The molecule has 6 heteroatoms. The number of nitrogens with two attached hydrogens (primary N) is 1. The van der Waals surface area contributed by atoms with Crippen molar-refractivity contribution in [1.82, 2.24) is 4.90 Å². The first kappa shape index (κ1) is 24.6. The van der Waals surface area contributed by atoms with Crippen molar-refractivity contribution in [3.05, 3.63) is 53.1 Å². The highest BCUT2D eigenvalue weighted by molar-refractivity contribution is 5.85. The minimum atomic E-state index is 0. The van der Waals surface area contributed by atoms with Gasteiger partial charge in [0.1, 0.15) is 11.5 Å². The van der Waals surface area contributed by atoms with Gasteiger partial charge in [0.05, 0.1) is 13.7 Å². The molecule has 0 radical (unpaired) electrons. The van der Waals surface area contributed by atoms with Gasteiger partial charge in [-0.05, 0) is 68.0 Å². The maximum atomic E-state index is 6.33. The van der Waals surface area contributed by atoms with Crippen molar-refractivity contribution in [2.45, 2.75) is 38.5 Å². The van der Waals surface area contributed by atoms with Crippen LogP contribution in [0.5, 0.6) is 11.5 Å². The van der Waals surface area contributed by atoms with Crippen molar-refractivity contribution in [3.63, 3.8) is 0 Å². The Hall–Kier alpha value is -1.62. The van der Waals surface area contributed by atoms with E-state index in [9.17, 15) is 0 Å². The molecule has 30 heavy (non-hydrogen) atoms. The number of hydrogen-bond donors (Lipinski definition) is 1. The number of methoxy groups -OCH3 is 1. The van der Waals surface area contributed by atoms with E-state index in [1.165, 1.54) is 29.7 Å². The summed E-state index contributed by atoms with van der Waals surface area (Å²) in [6, 6.07) is 12.3. The molecule has 0 amide bonds. The van der Waals surface area contributed by atoms with Gasteiger partial charge in [0.15, 0.2) is 0 Å². The smallest absolute Gasteiger partial charge is 0.123 e. The third kappa shape index (κ3) is 5.16. The Bertz CT molecular complexity index is 831. The molecule has 2 aromatic carbocycles. The molecule has 2 atom stereocenters. The molecular formula is C24H34Cl2N2O2. The zero-order valence-electron chi connectivity index (χ0n) is 17.9. The lowest BCUT2D eigenvalue weighted by atomic mass is 9.76. The highest BCUT2D eigenvalue weighted by atomic mass is 35.5. The molecule has 0 spiro atoms. The van der Waals surface area contributed by atoms with Gasteiger partial charge < -0.3 is 20.1 Å². The largest absolute Gasteiger partial charge is 0.496 e. The fourth-order valence-corrected chi connectivity index (χ4v) is 4.98. The Labute approximate surface area is 192 Å². The predicted octanol–water partition coefficient (Wildman–Crippen LogP) is 5.11. The average Bonchev–Trinajstić information content (AvgIpc) is 3.14. The molecule has 2 N–H and O–H groups in total. The van der Waals surface area contributed by atoms with Gasteiger partial charge in [0.25, 0.3) is 0 Å². The van der Waals surface area contributed by atoms with E-state index in [0.717, 1.165) is 62.1 Å². The van der Waals surface area contributed by atoms with E-state index < -0.39 is 0 Å². The van der Waals surface area contributed by atoms with Crippen molar-refractivity contribution >= 4 is 30.5 Å². The molecular weight excluding hydrogens is 419 g/mol. The predicted molar refractivity (Wildman–Crippen MR) is 129 cm³/mol. The van der Waals surface area contributed by atoms with E-state index in [4.69, 9.17) is 15.2 Å². The quantitative estimate of drug-likeness (QED) is 0.467. The number of aryl methyl sites for hydroxylation is 1. The molecule has 0 bridgehead atoms. The van der Waals surface area contributed by atoms with Gasteiger partial charge in [-0.3, -0.25) is 0 Å². The van der Waals surface area contributed by atoms with Crippen molar-refractivity contribution < 1.29 is 9.47 Å². The summed E-state index contributed by atoms with van der Waals surface area (Å²) in [4.78, 5) is 2.58. The second-order valence-electron chi connectivity index (χ2n) is 8.11. The molecule has 4 nitrogen and oxygen atoms in total. The lowest BCUT2D eigenvalue weighted by Crippen LogP contribution is -2.21. The third-order valence-corrected chi connectivity index (χ3v) is 6.41. The van der Waals surface area contributed by atoms with Gasteiger partial charge in [-0.15, -0.1) is 24.8 Å². The maximum absolute atomic E-state index is 6.33. The minimum Gasteiger partial charge on any atom is -0.496 e. The van der Waals surface area contributed by atoms with Gasteiger partial charge in [0, 0.05) is 35.8 Å². The van der Waals surface area contributed by atoms with Crippen LogP contribution in [0.15, 0.2) is 36.4 Å². The molecule has 0 aromatic heterocycles. The van der Waals surface area contributed by atoms with Crippen LogP contribution in [0.2, 0.25) is 0 Å². The Balaban J connectivity index is 0.00000160. The lowest BCUT2D eigenvalue weighted by molar-refractivity contribution is 0.298. The number of nitrogen functional groups attached to an aromatic ring is 1. The SMILES string of the molecule is CCN1CC2CCc3c(OC)ccc(OCCCc4cccc(N)c4)c3C2C1.Cl.Cl. The normalized spacial score (nSPS) is 19.8. The van der Waals surface area contributed by atoms with E-state index >= 15 is 0 Å². The molecule has 2 aliphatic rings. The summed E-state index contributed by atoms with van der Waals surface area (Å²) in [7, 11) is 1.78. The zero-order valence-corrected chi connectivity index (χ0v) is 19.6. The Morgan fingerprint density at radius 3 is 2.63 bits per heavy atom. The zero-order chi connectivity index (χ0) is 19.5. The molecule has 2 unspecified atom stereocenters. The standard InChI is InChI=1S/C24H32N2O2.2ClH/c1-3-26-15-18-9-10-20-22(27-2)11-12-23(24(20)21(18)16-26)28-13-5-7-17-6-4-8-19(25)14-17;;/h4,6,8,11-12,14,18,21H,3,5,7,9-10,13,15-16,25H2,1-2H3;2*1H. The summed E-state index contributed by atoms with van der Waals surface area (Å²) in [6.45, 7) is 6.47. The van der Waals surface area contributed by atoms with Crippen molar-refractivity contribution in [2.24, 2.45) is 5.92 Å². The number of rotatable bonds is 7. The summed E-state index contributed by atoms with van der Waals surface area (Å²) < 4.78 is 12.0. The van der Waals surface area contributed by atoms with Crippen LogP contribution in [0.4, 0.5) is 5.69 Å². The first-order chi connectivity index (χ1) is 13.7. The summed E-state index contributed by atoms with van der Waals surface area (Å²) in [5, 5.41) is 0. The topological polar surface area (TPSA) is 47.7 Å². The van der Waals surface area contributed by atoms with Crippen LogP contribution in [0.1, 0.15) is 42.4 Å². The Morgan fingerprint density at radius 1 is 1.10 bits per heavy atom. The van der Waals surface area contributed by atoms with Gasteiger partial charge in [0.2, 0.25) is 0 Å². The number of benzene rings is 2. The monoisotopic (exact) mass is 452 g/mol. The average molecular weight is 453 g/mol. The fraction of sp³-hybridized carbons (Fsp3) is 0.500. The first-order valence-corrected chi connectivity index (χ1v) is 10.6. The summed E-state index contributed by atoms with van der Waals surface area (Å²) in [5.41, 5.74) is 10.8. The summed E-state index contributed by atoms with van der Waals surface area (Å²) in [5.74, 6) is 3.41. The number of anilines is 1. The van der Waals surface area contributed by atoms with Crippen LogP contribution in [-0.4, -0.2) is 38.3 Å². The molecule has 1 saturated heterocycles. The number of likely N-dealkylation sites (tertiary alicyclic amines) is 1.